The van der Waals surface area contributed by atoms with E-state index in [1.807, 2.05) is 13.0 Å². The van der Waals surface area contributed by atoms with Crippen LogP contribution >= 0.6 is 11.8 Å². The van der Waals surface area contributed by atoms with E-state index in [1.54, 1.807) is 6.08 Å². The van der Waals surface area contributed by atoms with Crippen LogP contribution in [0.5, 0.6) is 0 Å². The molecule has 18 heavy (non-hydrogen) atoms. The lowest BCUT2D eigenvalue weighted by atomic mass is 10.1. The van der Waals surface area contributed by atoms with Gasteiger partial charge in [0.25, 0.3) is 5.56 Å². The highest BCUT2D eigenvalue weighted by Gasteiger charge is 2.11. The number of nitrogens with one attached hydrogen (secondary N) is 1. The molecule has 1 N–H and O–H groups in total. The number of hydrogen-bond acceptors (Lipinski definition) is 3. The first-order valence-corrected chi connectivity index (χ1v) is 7.02. The van der Waals surface area contributed by atoms with Gasteiger partial charge in [0.05, 0.1) is 5.69 Å². The molecule has 3 nitrogen and oxygen atoms in total. The summed E-state index contributed by atoms with van der Waals surface area (Å²) in [7, 11) is 0. The Balaban J connectivity index is 3.13. The van der Waals surface area contributed by atoms with E-state index >= 15 is 0 Å². The lowest BCUT2D eigenvalue weighted by molar-refractivity contribution is 0.790. The van der Waals surface area contributed by atoms with Crippen LogP contribution in [0.4, 0.5) is 0 Å². The Morgan fingerprint density at radius 3 is 2.78 bits per heavy atom. The van der Waals surface area contributed by atoms with Crippen LogP contribution in [0.3, 0.4) is 0 Å². The third kappa shape index (κ3) is 3.88. The van der Waals surface area contributed by atoms with Crippen LogP contribution in [0.25, 0.3) is 0 Å². The Hall–Kier alpha value is -1.29. The van der Waals surface area contributed by atoms with Crippen LogP contribution < -0.4 is 5.56 Å². The van der Waals surface area contributed by atoms with Gasteiger partial charge in [-0.25, -0.2) is 4.98 Å². The van der Waals surface area contributed by atoms with Crippen molar-refractivity contribution >= 4 is 11.8 Å². The highest BCUT2D eigenvalue weighted by atomic mass is 32.2. The second-order valence-corrected chi connectivity index (χ2v) is 5.46. The van der Waals surface area contributed by atoms with E-state index in [0.717, 1.165) is 24.1 Å². The van der Waals surface area contributed by atoms with E-state index in [-0.39, 0.29) is 10.8 Å². The molecule has 0 aliphatic rings. The molecule has 1 heterocycles. The molecule has 0 aliphatic heterocycles. The lowest BCUT2D eigenvalue weighted by Gasteiger charge is -2.09. The lowest BCUT2D eigenvalue weighted by Crippen LogP contribution is -2.18. The number of rotatable bonds is 7. The van der Waals surface area contributed by atoms with Crippen LogP contribution in [0.1, 0.15) is 31.5 Å². The standard InChI is InChI=1S/C14H20N2OS/c1-5-8-11-12(9-6-2)15-14(16-13(11)17)18-10(4)7-3/h5,7,10H,1,3,6,8-9H2,2,4H3,(H,15,16,17). The minimum atomic E-state index is -0.0490. The highest BCUT2D eigenvalue weighted by Crippen LogP contribution is 2.20. The average molecular weight is 264 g/mol. The van der Waals surface area contributed by atoms with Crippen LogP contribution in [-0.4, -0.2) is 15.2 Å². The summed E-state index contributed by atoms with van der Waals surface area (Å²) in [6.45, 7) is 11.5. The molecule has 1 aromatic heterocycles. The number of nitrogens with zero attached hydrogens (tertiary/aromatic N) is 1. The third-order valence-corrected chi connectivity index (χ3v) is 3.52. The van der Waals surface area contributed by atoms with Gasteiger partial charge in [-0.05, 0) is 19.8 Å². The van der Waals surface area contributed by atoms with Gasteiger partial charge in [-0.1, -0.05) is 37.3 Å². The molecule has 0 saturated carbocycles. The summed E-state index contributed by atoms with van der Waals surface area (Å²) < 4.78 is 0. The molecule has 1 aromatic rings. The van der Waals surface area contributed by atoms with Gasteiger partial charge in [-0.15, -0.1) is 13.2 Å². The van der Waals surface area contributed by atoms with Gasteiger partial charge < -0.3 is 4.98 Å². The van der Waals surface area contributed by atoms with E-state index in [2.05, 4.69) is 30.0 Å². The Kier molecular flexibility index (Phi) is 5.92. The van der Waals surface area contributed by atoms with Crippen LogP contribution in [-0.2, 0) is 12.8 Å². The number of hydrogen-bond donors (Lipinski definition) is 1. The molecule has 0 aromatic carbocycles. The minimum Gasteiger partial charge on any atom is -0.301 e. The molecular formula is C14H20N2OS. The fourth-order valence-electron chi connectivity index (χ4n) is 1.60. The van der Waals surface area contributed by atoms with Gasteiger partial charge in [0.2, 0.25) is 0 Å². The van der Waals surface area contributed by atoms with Crippen molar-refractivity contribution in [2.24, 2.45) is 0 Å². The Morgan fingerprint density at radius 2 is 2.22 bits per heavy atom. The second-order valence-electron chi connectivity index (χ2n) is 4.10. The zero-order chi connectivity index (χ0) is 13.5. The fourth-order valence-corrected chi connectivity index (χ4v) is 2.36. The van der Waals surface area contributed by atoms with Crippen LogP contribution in [0.15, 0.2) is 35.3 Å². The molecule has 1 atom stereocenters. The number of aryl methyl sites for hydroxylation is 1. The zero-order valence-corrected chi connectivity index (χ0v) is 11.8. The average Bonchev–Trinajstić information content (AvgIpc) is 2.34. The van der Waals surface area contributed by atoms with E-state index < -0.39 is 0 Å². The van der Waals surface area contributed by atoms with Crippen molar-refractivity contribution in [1.82, 2.24) is 9.97 Å². The summed E-state index contributed by atoms with van der Waals surface area (Å²) in [6, 6.07) is 0. The number of aromatic nitrogens is 2. The van der Waals surface area contributed by atoms with Gasteiger partial charge in [0, 0.05) is 10.8 Å². The molecule has 98 valence electrons. The Labute approximate surface area is 112 Å². The maximum atomic E-state index is 12.0. The third-order valence-electron chi connectivity index (χ3n) is 2.54. The highest BCUT2D eigenvalue weighted by molar-refractivity contribution is 7.99. The van der Waals surface area contributed by atoms with E-state index in [9.17, 15) is 4.79 Å². The largest absolute Gasteiger partial charge is 0.301 e. The number of allylic oxidation sites excluding steroid dienone is 1. The first-order valence-electron chi connectivity index (χ1n) is 6.14. The first-order chi connectivity index (χ1) is 8.62. The molecule has 0 bridgehead atoms. The van der Waals surface area contributed by atoms with Crippen molar-refractivity contribution in [3.05, 3.63) is 46.9 Å². The summed E-state index contributed by atoms with van der Waals surface area (Å²) in [5.74, 6) is 0. The summed E-state index contributed by atoms with van der Waals surface area (Å²) >= 11 is 1.51. The van der Waals surface area contributed by atoms with Crippen molar-refractivity contribution < 1.29 is 0 Å². The molecule has 0 spiro atoms. The van der Waals surface area contributed by atoms with E-state index in [0.29, 0.717) is 11.6 Å². The summed E-state index contributed by atoms with van der Waals surface area (Å²) in [5.41, 5.74) is 1.58. The molecule has 4 heteroatoms. The molecule has 0 saturated heterocycles. The van der Waals surface area contributed by atoms with Gasteiger partial charge in [-0.2, -0.15) is 0 Å². The van der Waals surface area contributed by atoms with Gasteiger partial charge in [0.15, 0.2) is 5.16 Å². The van der Waals surface area contributed by atoms with Crippen molar-refractivity contribution in [1.29, 1.82) is 0 Å². The molecule has 0 amide bonds. The van der Waals surface area contributed by atoms with Crippen molar-refractivity contribution in [2.75, 3.05) is 0 Å². The summed E-state index contributed by atoms with van der Waals surface area (Å²) in [5, 5.41) is 0.900. The summed E-state index contributed by atoms with van der Waals surface area (Å²) in [6.07, 6.45) is 5.94. The zero-order valence-electron chi connectivity index (χ0n) is 11.0. The SMILES string of the molecule is C=CCc1c(CCC)nc(SC(C)C=C)[nH]c1=O. The summed E-state index contributed by atoms with van der Waals surface area (Å²) in [4.78, 5) is 19.4. The molecule has 0 aliphatic carbocycles. The fraction of sp³-hybridized carbons (Fsp3) is 0.429. The Bertz CT molecular complexity index is 479. The predicted molar refractivity (Wildman–Crippen MR) is 78.3 cm³/mol. The van der Waals surface area contributed by atoms with Crippen molar-refractivity contribution in [3.63, 3.8) is 0 Å². The Morgan fingerprint density at radius 1 is 1.50 bits per heavy atom. The topological polar surface area (TPSA) is 45.8 Å². The first kappa shape index (κ1) is 14.8. The monoisotopic (exact) mass is 264 g/mol. The maximum Gasteiger partial charge on any atom is 0.255 e. The van der Waals surface area contributed by atoms with Gasteiger partial charge in [-0.3, -0.25) is 4.79 Å². The molecule has 0 fully saturated rings. The predicted octanol–water partition coefficient (Wildman–Crippen LogP) is 3.12. The second kappa shape index (κ2) is 7.21. The van der Waals surface area contributed by atoms with Gasteiger partial charge in [0.1, 0.15) is 0 Å². The quantitative estimate of drug-likeness (QED) is 0.467. The smallest absolute Gasteiger partial charge is 0.255 e. The molecule has 0 radical (unpaired) electrons. The maximum absolute atomic E-state index is 12.0. The van der Waals surface area contributed by atoms with E-state index in [1.165, 1.54) is 11.8 Å². The van der Waals surface area contributed by atoms with Crippen LogP contribution in [0, 0.1) is 0 Å². The molecule has 1 unspecified atom stereocenters. The van der Waals surface area contributed by atoms with Gasteiger partial charge >= 0.3 is 0 Å². The normalized spacial score (nSPS) is 12.1. The van der Waals surface area contributed by atoms with Crippen molar-refractivity contribution in [3.8, 4) is 0 Å². The number of thioether (sulfide) groups is 1. The minimum absolute atomic E-state index is 0.0490. The number of H-pyrrole nitrogens is 1. The molecular weight excluding hydrogens is 244 g/mol. The van der Waals surface area contributed by atoms with Crippen molar-refractivity contribution in [2.45, 2.75) is 43.5 Å². The van der Waals surface area contributed by atoms with Crippen LogP contribution in [0.2, 0.25) is 0 Å². The van der Waals surface area contributed by atoms with E-state index in [4.69, 9.17) is 0 Å². The number of aromatic amines is 1. The molecule has 1 rings (SSSR count).